The van der Waals surface area contributed by atoms with Crippen LogP contribution in [0.15, 0.2) is 22.7 Å². The van der Waals surface area contributed by atoms with Crippen molar-refractivity contribution in [3.63, 3.8) is 0 Å². The summed E-state index contributed by atoms with van der Waals surface area (Å²) >= 11 is 3.12. The molecule has 0 saturated carbocycles. The van der Waals surface area contributed by atoms with Gasteiger partial charge in [0.15, 0.2) is 5.78 Å². The van der Waals surface area contributed by atoms with Crippen LogP contribution in [0, 0.1) is 0 Å². The molecule has 0 aliphatic carbocycles. The number of rotatable bonds is 4. The van der Waals surface area contributed by atoms with Crippen LogP contribution in [0.4, 0.5) is 13.2 Å². The fourth-order valence-corrected chi connectivity index (χ4v) is 1.70. The lowest BCUT2D eigenvalue weighted by Crippen LogP contribution is -2.11. The van der Waals surface area contributed by atoms with Crippen molar-refractivity contribution in [2.45, 2.75) is 19.0 Å². The van der Waals surface area contributed by atoms with Crippen LogP contribution in [-0.2, 0) is 0 Å². The minimum Gasteiger partial charge on any atom is -0.497 e. The molecule has 0 spiro atoms. The standard InChI is InChI=1S/C11H10BrF3O2/c1-17-7-2-3-9(12)8(6-7)10(16)4-5-11(13,14)15/h2-3,6H,4-5H2,1H3. The van der Waals surface area contributed by atoms with Gasteiger partial charge in [-0.3, -0.25) is 4.79 Å². The molecule has 6 heteroatoms. The number of hydrogen-bond acceptors (Lipinski definition) is 2. The van der Waals surface area contributed by atoms with Gasteiger partial charge in [-0.25, -0.2) is 0 Å². The van der Waals surface area contributed by atoms with Crippen molar-refractivity contribution in [1.82, 2.24) is 0 Å². The van der Waals surface area contributed by atoms with Gasteiger partial charge in [0.2, 0.25) is 0 Å². The third-order valence-electron chi connectivity index (χ3n) is 2.11. The second kappa shape index (κ2) is 5.53. The van der Waals surface area contributed by atoms with Gasteiger partial charge >= 0.3 is 6.18 Å². The summed E-state index contributed by atoms with van der Waals surface area (Å²) in [5, 5.41) is 0. The quantitative estimate of drug-likeness (QED) is 0.786. The number of ether oxygens (including phenoxy) is 1. The van der Waals surface area contributed by atoms with E-state index in [1.807, 2.05) is 0 Å². The zero-order valence-corrected chi connectivity index (χ0v) is 10.6. The summed E-state index contributed by atoms with van der Waals surface area (Å²) in [7, 11) is 1.42. The third-order valence-corrected chi connectivity index (χ3v) is 2.80. The first kappa shape index (κ1) is 14.0. The Bertz CT molecular complexity index is 416. The molecule has 0 aromatic heterocycles. The molecule has 0 saturated heterocycles. The zero-order chi connectivity index (χ0) is 13.1. The molecule has 1 rings (SSSR count). The van der Waals surface area contributed by atoms with E-state index in [0.717, 1.165) is 0 Å². The molecule has 0 unspecified atom stereocenters. The summed E-state index contributed by atoms with van der Waals surface area (Å²) in [5.74, 6) is -0.128. The maximum absolute atomic E-state index is 12.0. The Hall–Kier alpha value is -1.04. The SMILES string of the molecule is COc1ccc(Br)c(C(=O)CCC(F)(F)F)c1. The van der Waals surface area contributed by atoms with E-state index in [9.17, 15) is 18.0 Å². The highest BCUT2D eigenvalue weighted by Crippen LogP contribution is 2.27. The molecule has 0 bridgehead atoms. The summed E-state index contributed by atoms with van der Waals surface area (Å²) in [6.07, 6.45) is -5.99. The molecule has 0 aliphatic rings. The monoisotopic (exact) mass is 310 g/mol. The van der Waals surface area contributed by atoms with E-state index in [2.05, 4.69) is 15.9 Å². The first-order chi connectivity index (χ1) is 7.83. The van der Waals surface area contributed by atoms with Gasteiger partial charge in [-0.15, -0.1) is 0 Å². The van der Waals surface area contributed by atoms with Crippen LogP contribution >= 0.6 is 15.9 Å². The Labute approximate surface area is 105 Å². The smallest absolute Gasteiger partial charge is 0.389 e. The van der Waals surface area contributed by atoms with Crippen molar-refractivity contribution in [2.24, 2.45) is 0 Å². The van der Waals surface area contributed by atoms with E-state index in [-0.39, 0.29) is 5.56 Å². The van der Waals surface area contributed by atoms with Crippen LogP contribution in [0.25, 0.3) is 0 Å². The van der Waals surface area contributed by atoms with Crippen molar-refractivity contribution >= 4 is 21.7 Å². The van der Waals surface area contributed by atoms with Crippen molar-refractivity contribution in [3.8, 4) is 5.75 Å². The first-order valence-corrected chi connectivity index (χ1v) is 5.56. The van der Waals surface area contributed by atoms with E-state index >= 15 is 0 Å². The predicted octanol–water partition coefficient (Wildman–Crippen LogP) is 3.98. The highest BCUT2D eigenvalue weighted by molar-refractivity contribution is 9.10. The Morgan fingerprint density at radius 1 is 1.41 bits per heavy atom. The number of carbonyl (C=O) groups is 1. The maximum atomic E-state index is 12.0. The van der Waals surface area contributed by atoms with Gasteiger partial charge in [-0.2, -0.15) is 13.2 Å². The number of alkyl halides is 3. The lowest BCUT2D eigenvalue weighted by atomic mass is 10.1. The van der Waals surface area contributed by atoms with Crippen LogP contribution in [-0.4, -0.2) is 19.1 Å². The Kier molecular flexibility index (Phi) is 4.56. The molecular weight excluding hydrogens is 301 g/mol. The molecule has 0 radical (unpaired) electrons. The lowest BCUT2D eigenvalue weighted by molar-refractivity contribution is -0.133. The van der Waals surface area contributed by atoms with E-state index in [0.29, 0.717) is 10.2 Å². The molecule has 0 atom stereocenters. The van der Waals surface area contributed by atoms with Crippen LogP contribution in [0.1, 0.15) is 23.2 Å². The zero-order valence-electron chi connectivity index (χ0n) is 8.97. The van der Waals surface area contributed by atoms with Crippen LogP contribution < -0.4 is 4.74 Å². The van der Waals surface area contributed by atoms with Crippen molar-refractivity contribution in [3.05, 3.63) is 28.2 Å². The van der Waals surface area contributed by atoms with Crippen LogP contribution in [0.2, 0.25) is 0 Å². The number of methoxy groups -OCH3 is 1. The van der Waals surface area contributed by atoms with Gasteiger partial charge in [0.1, 0.15) is 5.75 Å². The Morgan fingerprint density at radius 3 is 2.59 bits per heavy atom. The van der Waals surface area contributed by atoms with Crippen molar-refractivity contribution in [1.29, 1.82) is 0 Å². The van der Waals surface area contributed by atoms with Gasteiger partial charge in [0, 0.05) is 16.5 Å². The number of benzene rings is 1. The summed E-state index contributed by atoms with van der Waals surface area (Å²) in [5.41, 5.74) is 0.202. The average molecular weight is 311 g/mol. The molecular formula is C11H10BrF3O2. The highest BCUT2D eigenvalue weighted by atomic mass is 79.9. The fourth-order valence-electron chi connectivity index (χ4n) is 1.23. The number of Topliss-reactive ketones (excluding diaryl/α,β-unsaturated/α-hetero) is 1. The Morgan fingerprint density at radius 2 is 2.06 bits per heavy atom. The van der Waals surface area contributed by atoms with Gasteiger partial charge in [-0.05, 0) is 18.2 Å². The van der Waals surface area contributed by atoms with Crippen LogP contribution in [0.3, 0.4) is 0 Å². The number of hydrogen-bond donors (Lipinski definition) is 0. The molecule has 2 nitrogen and oxygen atoms in total. The maximum Gasteiger partial charge on any atom is 0.389 e. The number of halogens is 4. The average Bonchev–Trinajstić information content (AvgIpc) is 2.25. The fraction of sp³-hybridized carbons (Fsp3) is 0.364. The lowest BCUT2D eigenvalue weighted by Gasteiger charge is -2.08. The largest absolute Gasteiger partial charge is 0.497 e. The molecule has 0 amide bonds. The van der Waals surface area contributed by atoms with Gasteiger partial charge < -0.3 is 4.74 Å². The molecule has 0 fully saturated rings. The van der Waals surface area contributed by atoms with E-state index in [4.69, 9.17) is 4.74 Å². The second-order valence-corrected chi connectivity index (χ2v) is 4.24. The van der Waals surface area contributed by atoms with E-state index in [1.54, 1.807) is 12.1 Å². The number of ketones is 1. The first-order valence-electron chi connectivity index (χ1n) is 4.77. The van der Waals surface area contributed by atoms with Gasteiger partial charge in [0.25, 0.3) is 0 Å². The summed E-state index contributed by atoms with van der Waals surface area (Å²) in [6.45, 7) is 0. The molecule has 94 valence electrons. The highest BCUT2D eigenvalue weighted by Gasteiger charge is 2.28. The molecule has 0 heterocycles. The summed E-state index contributed by atoms with van der Waals surface area (Å²) in [6, 6.07) is 4.60. The minimum absolute atomic E-state index is 0.202. The predicted molar refractivity (Wildman–Crippen MR) is 60.3 cm³/mol. The van der Waals surface area contributed by atoms with E-state index in [1.165, 1.54) is 13.2 Å². The molecule has 17 heavy (non-hydrogen) atoms. The van der Waals surface area contributed by atoms with E-state index < -0.39 is 24.8 Å². The molecule has 0 aliphatic heterocycles. The summed E-state index contributed by atoms with van der Waals surface area (Å²) < 4.78 is 41.3. The van der Waals surface area contributed by atoms with Gasteiger partial charge in [-0.1, -0.05) is 15.9 Å². The topological polar surface area (TPSA) is 26.3 Å². The molecule has 1 aromatic carbocycles. The minimum atomic E-state index is -4.32. The number of carbonyl (C=O) groups excluding carboxylic acids is 1. The third kappa shape index (κ3) is 4.38. The summed E-state index contributed by atoms with van der Waals surface area (Å²) in [4.78, 5) is 11.6. The molecule has 1 aromatic rings. The van der Waals surface area contributed by atoms with Crippen molar-refractivity contribution < 1.29 is 22.7 Å². The van der Waals surface area contributed by atoms with Gasteiger partial charge in [0.05, 0.1) is 13.5 Å². The van der Waals surface area contributed by atoms with Crippen molar-refractivity contribution in [2.75, 3.05) is 7.11 Å². The second-order valence-electron chi connectivity index (χ2n) is 3.38. The normalized spacial score (nSPS) is 11.4. The Balaban J connectivity index is 2.81. The van der Waals surface area contributed by atoms with Crippen LogP contribution in [0.5, 0.6) is 5.75 Å². The molecule has 0 N–H and O–H groups in total.